The number of hydrogen-bond acceptors (Lipinski definition) is 3. The fourth-order valence-corrected chi connectivity index (χ4v) is 2.04. The van der Waals surface area contributed by atoms with Gasteiger partial charge in [0.15, 0.2) is 0 Å². The fourth-order valence-electron chi connectivity index (χ4n) is 2.04. The lowest BCUT2D eigenvalue weighted by Crippen LogP contribution is -2.35. The molecule has 0 aliphatic rings. The van der Waals surface area contributed by atoms with Crippen molar-refractivity contribution in [1.29, 1.82) is 0 Å². The Hall–Kier alpha value is -2.10. The molecule has 114 valence electrons. The van der Waals surface area contributed by atoms with E-state index < -0.39 is 5.97 Å². The van der Waals surface area contributed by atoms with Gasteiger partial charge in [0.2, 0.25) is 5.91 Å². The van der Waals surface area contributed by atoms with Crippen molar-refractivity contribution in [2.75, 3.05) is 20.2 Å². The number of esters is 1. The van der Waals surface area contributed by atoms with Gasteiger partial charge in [-0.1, -0.05) is 30.7 Å². The second-order valence-electron chi connectivity index (χ2n) is 5.03. The molecule has 0 bridgehead atoms. The van der Waals surface area contributed by atoms with Crippen LogP contribution < -0.4 is 0 Å². The van der Waals surface area contributed by atoms with E-state index in [9.17, 15) is 9.59 Å². The van der Waals surface area contributed by atoms with Gasteiger partial charge in [0.1, 0.15) is 6.54 Å². The molecule has 4 nitrogen and oxygen atoms in total. The van der Waals surface area contributed by atoms with Crippen LogP contribution in [-0.4, -0.2) is 37.0 Å². The fraction of sp³-hybridized carbons (Fsp3) is 0.412. The predicted molar refractivity (Wildman–Crippen MR) is 83.8 cm³/mol. The van der Waals surface area contributed by atoms with Crippen molar-refractivity contribution in [2.24, 2.45) is 0 Å². The van der Waals surface area contributed by atoms with Gasteiger partial charge in [0, 0.05) is 12.6 Å². The first-order valence-electron chi connectivity index (χ1n) is 7.09. The SMILES string of the molecule is CCCN(CC(=O)OC)C(=O)C=Cc1ccc(C)cc1C. The van der Waals surface area contributed by atoms with E-state index in [-0.39, 0.29) is 12.5 Å². The number of rotatable bonds is 6. The summed E-state index contributed by atoms with van der Waals surface area (Å²) in [5.74, 6) is -0.584. The van der Waals surface area contributed by atoms with Gasteiger partial charge in [-0.05, 0) is 37.5 Å². The minimum absolute atomic E-state index is 0.0135. The van der Waals surface area contributed by atoms with Crippen molar-refractivity contribution in [3.8, 4) is 0 Å². The number of benzene rings is 1. The third-order valence-corrected chi connectivity index (χ3v) is 3.18. The molecule has 0 N–H and O–H groups in total. The first kappa shape index (κ1) is 17.0. The Bertz CT molecular complexity index is 535. The summed E-state index contributed by atoms with van der Waals surface area (Å²) in [6, 6.07) is 6.07. The average Bonchev–Trinajstić information content (AvgIpc) is 2.45. The monoisotopic (exact) mass is 289 g/mol. The third-order valence-electron chi connectivity index (χ3n) is 3.18. The second-order valence-corrected chi connectivity index (χ2v) is 5.03. The van der Waals surface area contributed by atoms with Crippen LogP contribution in [0.15, 0.2) is 24.3 Å². The second kappa shape index (κ2) is 8.25. The van der Waals surface area contributed by atoms with Gasteiger partial charge in [0.05, 0.1) is 7.11 Å². The average molecular weight is 289 g/mol. The molecule has 0 saturated carbocycles. The first-order valence-corrected chi connectivity index (χ1v) is 7.09. The molecule has 1 rings (SSSR count). The van der Waals surface area contributed by atoms with Gasteiger partial charge in [0.25, 0.3) is 0 Å². The number of amides is 1. The van der Waals surface area contributed by atoms with Crippen LogP contribution in [0, 0.1) is 13.8 Å². The lowest BCUT2D eigenvalue weighted by Gasteiger charge is -2.18. The maximum Gasteiger partial charge on any atom is 0.325 e. The van der Waals surface area contributed by atoms with Crippen molar-refractivity contribution in [3.05, 3.63) is 41.0 Å². The van der Waals surface area contributed by atoms with Crippen LogP contribution in [0.1, 0.15) is 30.0 Å². The van der Waals surface area contributed by atoms with Crippen molar-refractivity contribution in [3.63, 3.8) is 0 Å². The molecule has 21 heavy (non-hydrogen) atoms. The summed E-state index contributed by atoms with van der Waals surface area (Å²) in [6.07, 6.45) is 4.09. The number of carbonyl (C=O) groups excluding carboxylic acids is 2. The zero-order chi connectivity index (χ0) is 15.8. The zero-order valence-electron chi connectivity index (χ0n) is 13.2. The molecular weight excluding hydrogens is 266 g/mol. The Kier molecular flexibility index (Phi) is 6.66. The minimum Gasteiger partial charge on any atom is -0.468 e. The van der Waals surface area contributed by atoms with Gasteiger partial charge in [-0.25, -0.2) is 0 Å². The molecule has 1 aromatic carbocycles. The van der Waals surface area contributed by atoms with E-state index in [1.54, 1.807) is 6.08 Å². The smallest absolute Gasteiger partial charge is 0.325 e. The number of carbonyl (C=O) groups is 2. The highest BCUT2D eigenvalue weighted by molar-refractivity contribution is 5.93. The first-order chi connectivity index (χ1) is 9.97. The molecule has 1 aromatic rings. The van der Waals surface area contributed by atoms with Gasteiger partial charge in [-0.15, -0.1) is 0 Å². The van der Waals surface area contributed by atoms with Crippen molar-refractivity contribution < 1.29 is 14.3 Å². The lowest BCUT2D eigenvalue weighted by atomic mass is 10.1. The number of nitrogens with zero attached hydrogens (tertiary/aromatic N) is 1. The molecule has 0 aliphatic heterocycles. The molecule has 1 amide bonds. The molecule has 0 atom stereocenters. The van der Waals surface area contributed by atoms with E-state index in [1.807, 2.05) is 32.9 Å². The summed E-state index contributed by atoms with van der Waals surface area (Å²) >= 11 is 0. The number of methoxy groups -OCH3 is 1. The normalized spacial score (nSPS) is 10.7. The zero-order valence-corrected chi connectivity index (χ0v) is 13.2. The molecule has 0 fully saturated rings. The standard InChI is InChI=1S/C17H23NO3/c1-5-10-18(12-17(20)21-4)16(19)9-8-15-7-6-13(2)11-14(15)3/h6-9,11H,5,10,12H2,1-4H3. The molecule has 4 heteroatoms. The van der Waals surface area contributed by atoms with Crippen LogP contribution in [0.4, 0.5) is 0 Å². The summed E-state index contributed by atoms with van der Waals surface area (Å²) in [4.78, 5) is 25.0. The number of hydrogen-bond donors (Lipinski definition) is 0. The van der Waals surface area contributed by atoms with E-state index in [0.717, 1.165) is 17.5 Å². The van der Waals surface area contributed by atoms with Crippen LogP contribution in [0.2, 0.25) is 0 Å². The largest absolute Gasteiger partial charge is 0.468 e. The van der Waals surface area contributed by atoms with E-state index in [0.29, 0.717) is 6.54 Å². The molecule has 0 saturated heterocycles. The van der Waals surface area contributed by atoms with Gasteiger partial charge in [-0.2, -0.15) is 0 Å². The van der Waals surface area contributed by atoms with Crippen LogP contribution in [0.3, 0.4) is 0 Å². The molecular formula is C17H23NO3. The molecule has 0 radical (unpaired) electrons. The van der Waals surface area contributed by atoms with Crippen molar-refractivity contribution in [1.82, 2.24) is 4.90 Å². The highest BCUT2D eigenvalue weighted by Gasteiger charge is 2.14. The number of aryl methyl sites for hydroxylation is 2. The van der Waals surface area contributed by atoms with E-state index in [1.165, 1.54) is 23.6 Å². The minimum atomic E-state index is -0.406. The maximum absolute atomic E-state index is 12.2. The number of ether oxygens (including phenoxy) is 1. The molecule has 0 heterocycles. The highest BCUT2D eigenvalue weighted by Crippen LogP contribution is 2.12. The summed E-state index contributed by atoms with van der Waals surface area (Å²) in [6.45, 7) is 6.53. The molecule has 0 spiro atoms. The maximum atomic E-state index is 12.2. The van der Waals surface area contributed by atoms with Crippen LogP contribution in [0.5, 0.6) is 0 Å². The van der Waals surface area contributed by atoms with E-state index in [4.69, 9.17) is 0 Å². The van der Waals surface area contributed by atoms with Gasteiger partial charge < -0.3 is 9.64 Å². The summed E-state index contributed by atoms with van der Waals surface area (Å²) in [7, 11) is 1.32. The van der Waals surface area contributed by atoms with Crippen LogP contribution in [0.25, 0.3) is 6.08 Å². The predicted octanol–water partition coefficient (Wildman–Crippen LogP) is 2.73. The quantitative estimate of drug-likeness (QED) is 0.597. The van der Waals surface area contributed by atoms with E-state index >= 15 is 0 Å². The van der Waals surface area contributed by atoms with Gasteiger partial charge in [-0.3, -0.25) is 9.59 Å². The summed E-state index contributed by atoms with van der Waals surface area (Å²) in [5.41, 5.74) is 3.31. The Morgan fingerprint density at radius 2 is 2.00 bits per heavy atom. The van der Waals surface area contributed by atoms with Crippen molar-refractivity contribution in [2.45, 2.75) is 27.2 Å². The Balaban J connectivity index is 2.80. The van der Waals surface area contributed by atoms with Crippen molar-refractivity contribution >= 4 is 18.0 Å². The topological polar surface area (TPSA) is 46.6 Å². The molecule has 0 aromatic heterocycles. The third kappa shape index (κ3) is 5.42. The van der Waals surface area contributed by atoms with Crippen LogP contribution >= 0.6 is 0 Å². The highest BCUT2D eigenvalue weighted by atomic mass is 16.5. The lowest BCUT2D eigenvalue weighted by molar-refractivity contribution is -0.145. The van der Waals surface area contributed by atoms with Crippen LogP contribution in [-0.2, 0) is 14.3 Å². The Morgan fingerprint density at radius 1 is 1.29 bits per heavy atom. The Morgan fingerprint density at radius 3 is 2.57 bits per heavy atom. The summed E-state index contributed by atoms with van der Waals surface area (Å²) in [5, 5.41) is 0. The Labute approximate surface area is 126 Å². The molecule has 0 aliphatic carbocycles. The van der Waals surface area contributed by atoms with Gasteiger partial charge >= 0.3 is 5.97 Å². The molecule has 0 unspecified atom stereocenters. The van der Waals surface area contributed by atoms with E-state index in [2.05, 4.69) is 10.8 Å². The summed E-state index contributed by atoms with van der Waals surface area (Å²) < 4.78 is 4.62.